The highest BCUT2D eigenvalue weighted by Crippen LogP contribution is 2.32. The Morgan fingerprint density at radius 2 is 2.23 bits per heavy atom. The Labute approximate surface area is 78.1 Å². The zero-order valence-electron chi connectivity index (χ0n) is 8.20. The number of nitrogens with two attached hydrogens (primary N) is 1. The van der Waals surface area contributed by atoms with Crippen molar-refractivity contribution in [3.05, 3.63) is 5.82 Å². The van der Waals surface area contributed by atoms with Crippen LogP contribution in [0.2, 0.25) is 0 Å². The van der Waals surface area contributed by atoms with Crippen molar-refractivity contribution in [2.24, 2.45) is 5.92 Å². The van der Waals surface area contributed by atoms with Crippen LogP contribution in [0.5, 0.6) is 0 Å². The van der Waals surface area contributed by atoms with Crippen LogP contribution in [-0.2, 0) is 6.54 Å². The Balaban J connectivity index is 2.38. The van der Waals surface area contributed by atoms with Gasteiger partial charge in [-0.25, -0.2) is 0 Å². The molecule has 1 unspecified atom stereocenters. The lowest BCUT2D eigenvalue weighted by Crippen LogP contribution is -2.20. The summed E-state index contributed by atoms with van der Waals surface area (Å²) in [6.45, 7) is 5.44. The molecule has 0 bridgehead atoms. The lowest BCUT2D eigenvalue weighted by Gasteiger charge is -2.25. The summed E-state index contributed by atoms with van der Waals surface area (Å²) in [7, 11) is 0. The number of nitrogens with zero attached hydrogens (tertiary/aromatic N) is 3. The molecular weight excluding hydrogens is 164 g/mol. The molecular formula is C9H16N4. The summed E-state index contributed by atoms with van der Waals surface area (Å²) < 4.78 is 2.05. The van der Waals surface area contributed by atoms with Gasteiger partial charge >= 0.3 is 0 Å². The maximum absolute atomic E-state index is 5.71. The molecule has 13 heavy (non-hydrogen) atoms. The molecule has 4 nitrogen and oxygen atoms in total. The van der Waals surface area contributed by atoms with Crippen LogP contribution in [0.3, 0.4) is 0 Å². The van der Waals surface area contributed by atoms with Gasteiger partial charge < -0.3 is 5.73 Å². The number of rotatable bonds is 1. The van der Waals surface area contributed by atoms with Crippen LogP contribution < -0.4 is 5.73 Å². The molecule has 0 amide bonds. The molecule has 1 aliphatic heterocycles. The van der Waals surface area contributed by atoms with Crippen molar-refractivity contribution >= 4 is 5.95 Å². The maximum atomic E-state index is 5.71. The number of fused-ring (bicyclic) bond motifs is 1. The third-order valence-electron chi connectivity index (χ3n) is 2.84. The zero-order chi connectivity index (χ0) is 9.42. The fourth-order valence-corrected chi connectivity index (χ4v) is 2.06. The Morgan fingerprint density at radius 1 is 1.46 bits per heavy atom. The maximum Gasteiger partial charge on any atom is 0.221 e. The van der Waals surface area contributed by atoms with Crippen LogP contribution in [0.1, 0.15) is 38.4 Å². The average Bonchev–Trinajstić information content (AvgIpc) is 2.48. The minimum atomic E-state index is 0.540. The van der Waals surface area contributed by atoms with E-state index in [-0.39, 0.29) is 0 Å². The second kappa shape index (κ2) is 3.01. The molecule has 2 heterocycles. The second-order valence-corrected chi connectivity index (χ2v) is 4.06. The highest BCUT2D eigenvalue weighted by Gasteiger charge is 2.26. The van der Waals surface area contributed by atoms with E-state index in [1.165, 1.54) is 12.8 Å². The number of hydrogen-bond donors (Lipinski definition) is 1. The highest BCUT2D eigenvalue weighted by molar-refractivity contribution is 5.20. The van der Waals surface area contributed by atoms with Gasteiger partial charge in [0.2, 0.25) is 5.95 Å². The Hall–Kier alpha value is -1.06. The van der Waals surface area contributed by atoms with Crippen molar-refractivity contribution in [1.82, 2.24) is 14.8 Å². The number of anilines is 1. The standard InChI is InChI=1S/C9H16N4/c1-6(2)7-4-3-5-13-8(7)11-12-9(13)10/h6-7H,3-5H2,1-2H3,(H2,10,12). The first-order valence-electron chi connectivity index (χ1n) is 4.88. The monoisotopic (exact) mass is 180 g/mol. The topological polar surface area (TPSA) is 56.7 Å². The van der Waals surface area contributed by atoms with E-state index in [1.54, 1.807) is 0 Å². The summed E-state index contributed by atoms with van der Waals surface area (Å²) in [6, 6.07) is 0. The quantitative estimate of drug-likeness (QED) is 0.710. The fraction of sp³-hybridized carbons (Fsp3) is 0.778. The molecule has 0 saturated heterocycles. The average molecular weight is 180 g/mol. The molecule has 1 aliphatic rings. The molecule has 1 aromatic heterocycles. The van der Waals surface area contributed by atoms with Gasteiger partial charge in [-0.3, -0.25) is 4.57 Å². The SMILES string of the molecule is CC(C)C1CCCn2c(N)nnc21. The number of nitrogen functional groups attached to an aromatic ring is 1. The molecule has 0 radical (unpaired) electrons. The Morgan fingerprint density at radius 3 is 2.92 bits per heavy atom. The normalized spacial score (nSPS) is 21.9. The lowest BCUT2D eigenvalue weighted by atomic mass is 9.88. The summed E-state index contributed by atoms with van der Waals surface area (Å²) in [5, 5.41) is 8.07. The van der Waals surface area contributed by atoms with Crippen LogP contribution in [0.25, 0.3) is 0 Å². The van der Waals surface area contributed by atoms with E-state index in [0.29, 0.717) is 17.8 Å². The van der Waals surface area contributed by atoms with Crippen LogP contribution >= 0.6 is 0 Å². The van der Waals surface area contributed by atoms with E-state index in [9.17, 15) is 0 Å². The van der Waals surface area contributed by atoms with Crippen LogP contribution in [0.15, 0.2) is 0 Å². The van der Waals surface area contributed by atoms with Crippen molar-refractivity contribution in [1.29, 1.82) is 0 Å². The zero-order valence-corrected chi connectivity index (χ0v) is 8.20. The Bertz CT molecular complexity index is 303. The lowest BCUT2D eigenvalue weighted by molar-refractivity contribution is 0.369. The molecule has 0 saturated carbocycles. The first kappa shape index (κ1) is 8.53. The largest absolute Gasteiger partial charge is 0.368 e. The predicted molar refractivity (Wildman–Crippen MR) is 51.2 cm³/mol. The van der Waals surface area contributed by atoms with Crippen molar-refractivity contribution in [3.63, 3.8) is 0 Å². The van der Waals surface area contributed by atoms with E-state index in [4.69, 9.17) is 5.73 Å². The summed E-state index contributed by atoms with van der Waals surface area (Å²) in [5.41, 5.74) is 5.71. The van der Waals surface area contributed by atoms with E-state index in [2.05, 4.69) is 24.0 Å². The van der Waals surface area contributed by atoms with Gasteiger partial charge in [-0.15, -0.1) is 10.2 Å². The van der Waals surface area contributed by atoms with Gasteiger partial charge in [0.05, 0.1) is 0 Å². The molecule has 2 rings (SSSR count). The second-order valence-electron chi connectivity index (χ2n) is 4.06. The number of aromatic nitrogens is 3. The molecule has 4 heteroatoms. The van der Waals surface area contributed by atoms with Crippen molar-refractivity contribution in [2.75, 3.05) is 5.73 Å². The van der Waals surface area contributed by atoms with Crippen molar-refractivity contribution in [3.8, 4) is 0 Å². The summed E-state index contributed by atoms with van der Waals surface area (Å²) in [5.74, 6) is 2.82. The van der Waals surface area contributed by atoms with Crippen LogP contribution in [0, 0.1) is 5.92 Å². The molecule has 1 aromatic rings. The van der Waals surface area contributed by atoms with Gasteiger partial charge in [-0.1, -0.05) is 13.8 Å². The molecule has 2 N–H and O–H groups in total. The number of hydrogen-bond acceptors (Lipinski definition) is 3. The summed E-state index contributed by atoms with van der Waals surface area (Å²) in [6.07, 6.45) is 2.41. The van der Waals surface area contributed by atoms with Crippen molar-refractivity contribution < 1.29 is 0 Å². The smallest absolute Gasteiger partial charge is 0.221 e. The van der Waals surface area contributed by atoms with Gasteiger partial charge in [0.1, 0.15) is 5.82 Å². The van der Waals surface area contributed by atoms with Crippen molar-refractivity contribution in [2.45, 2.75) is 39.2 Å². The highest BCUT2D eigenvalue weighted by atomic mass is 15.3. The van der Waals surface area contributed by atoms with Gasteiger partial charge in [-0.05, 0) is 18.8 Å². The van der Waals surface area contributed by atoms with Gasteiger partial charge in [0.25, 0.3) is 0 Å². The summed E-state index contributed by atoms with van der Waals surface area (Å²) >= 11 is 0. The minimum Gasteiger partial charge on any atom is -0.368 e. The van der Waals surface area contributed by atoms with Gasteiger partial charge in [0, 0.05) is 12.5 Å². The third kappa shape index (κ3) is 1.30. The first-order chi connectivity index (χ1) is 6.20. The molecule has 0 aliphatic carbocycles. The van der Waals surface area contributed by atoms with E-state index in [1.807, 2.05) is 4.57 Å². The van der Waals surface area contributed by atoms with E-state index in [0.717, 1.165) is 12.4 Å². The predicted octanol–water partition coefficient (Wildman–Crippen LogP) is 1.39. The van der Waals surface area contributed by atoms with Crippen LogP contribution in [0.4, 0.5) is 5.95 Å². The summed E-state index contributed by atoms with van der Waals surface area (Å²) in [4.78, 5) is 0. The molecule has 72 valence electrons. The minimum absolute atomic E-state index is 0.540. The molecule has 1 atom stereocenters. The molecule has 0 fully saturated rings. The molecule has 0 spiro atoms. The molecule has 0 aromatic carbocycles. The fourth-order valence-electron chi connectivity index (χ4n) is 2.06. The van der Waals surface area contributed by atoms with Crippen LogP contribution in [-0.4, -0.2) is 14.8 Å². The van der Waals surface area contributed by atoms with Gasteiger partial charge in [-0.2, -0.15) is 0 Å². The Kier molecular flexibility index (Phi) is 1.98. The van der Waals surface area contributed by atoms with Gasteiger partial charge in [0.15, 0.2) is 0 Å². The van der Waals surface area contributed by atoms with E-state index >= 15 is 0 Å². The first-order valence-corrected chi connectivity index (χ1v) is 4.88. The van der Waals surface area contributed by atoms with E-state index < -0.39 is 0 Å². The third-order valence-corrected chi connectivity index (χ3v) is 2.84.